The average Bonchev–Trinajstić information content (AvgIpc) is 1.97. The largest absolute Gasteiger partial charge is 0.397 e. The van der Waals surface area contributed by atoms with E-state index < -0.39 is 5.82 Å². The summed E-state index contributed by atoms with van der Waals surface area (Å²) in [5.41, 5.74) is 7.31. The smallest absolute Gasteiger partial charge is 0.150 e. The van der Waals surface area contributed by atoms with E-state index in [4.69, 9.17) is 11.0 Å². The van der Waals surface area contributed by atoms with Gasteiger partial charge in [0.25, 0.3) is 0 Å². The van der Waals surface area contributed by atoms with Gasteiger partial charge in [0.05, 0.1) is 5.69 Å². The standard InChI is InChI=1S/C6H7FN2O2/c7-4-2-1-3-5(8)6(4)9-11-10/h1-3,9-10H,8H2. The van der Waals surface area contributed by atoms with Crippen LogP contribution in [0.5, 0.6) is 0 Å². The van der Waals surface area contributed by atoms with E-state index in [1.807, 2.05) is 5.48 Å². The van der Waals surface area contributed by atoms with Crippen molar-refractivity contribution >= 4 is 11.4 Å². The van der Waals surface area contributed by atoms with Crippen molar-refractivity contribution in [3.8, 4) is 0 Å². The van der Waals surface area contributed by atoms with E-state index in [1.165, 1.54) is 18.2 Å². The molecule has 5 heteroatoms. The molecule has 0 saturated carbocycles. The Bertz CT molecular complexity index is 234. The molecule has 0 fully saturated rings. The molecule has 0 spiro atoms. The van der Waals surface area contributed by atoms with Gasteiger partial charge in [-0.2, -0.15) is 0 Å². The molecule has 1 rings (SSSR count). The van der Waals surface area contributed by atoms with Gasteiger partial charge in [0.2, 0.25) is 0 Å². The van der Waals surface area contributed by atoms with Gasteiger partial charge in [-0.25, -0.2) is 15.1 Å². The van der Waals surface area contributed by atoms with Crippen LogP contribution in [0.4, 0.5) is 15.8 Å². The normalized spacial score (nSPS) is 9.64. The summed E-state index contributed by atoms with van der Waals surface area (Å²) in [5.74, 6) is -0.584. The van der Waals surface area contributed by atoms with Crippen LogP contribution in [-0.2, 0) is 4.99 Å². The highest BCUT2D eigenvalue weighted by Gasteiger charge is 2.03. The molecule has 0 aliphatic heterocycles. The SMILES string of the molecule is Nc1cccc(F)c1NOO. The Hall–Kier alpha value is -1.33. The fraction of sp³-hybridized carbons (Fsp3) is 0. The van der Waals surface area contributed by atoms with Crippen LogP contribution in [-0.4, -0.2) is 5.26 Å². The first-order valence-electron chi connectivity index (χ1n) is 2.86. The number of hydrogen-bond acceptors (Lipinski definition) is 4. The Morgan fingerprint density at radius 1 is 1.55 bits per heavy atom. The lowest BCUT2D eigenvalue weighted by Crippen LogP contribution is -2.02. The predicted molar refractivity (Wildman–Crippen MR) is 38.1 cm³/mol. The lowest BCUT2D eigenvalue weighted by atomic mass is 10.3. The van der Waals surface area contributed by atoms with Crippen LogP contribution in [0.3, 0.4) is 0 Å². The van der Waals surface area contributed by atoms with Gasteiger partial charge in [-0.05, 0) is 12.1 Å². The van der Waals surface area contributed by atoms with Gasteiger partial charge in [0.15, 0.2) is 5.82 Å². The lowest BCUT2D eigenvalue weighted by Gasteiger charge is -2.04. The summed E-state index contributed by atoms with van der Waals surface area (Å²) < 4.78 is 12.7. The molecular weight excluding hydrogens is 151 g/mol. The average molecular weight is 158 g/mol. The molecule has 0 bridgehead atoms. The number of anilines is 2. The predicted octanol–water partition coefficient (Wildman–Crippen LogP) is 1.22. The fourth-order valence-corrected chi connectivity index (χ4v) is 0.694. The number of rotatable bonds is 2. The van der Waals surface area contributed by atoms with Crippen molar-refractivity contribution in [3.05, 3.63) is 24.0 Å². The van der Waals surface area contributed by atoms with Crippen LogP contribution in [0.25, 0.3) is 0 Å². The van der Waals surface area contributed by atoms with E-state index in [9.17, 15) is 4.39 Å². The van der Waals surface area contributed by atoms with Crippen molar-refractivity contribution in [1.29, 1.82) is 0 Å². The zero-order valence-corrected chi connectivity index (χ0v) is 5.54. The second kappa shape index (κ2) is 3.18. The molecule has 1 aromatic carbocycles. The number of halogens is 1. The summed E-state index contributed by atoms with van der Waals surface area (Å²) >= 11 is 0. The maximum Gasteiger partial charge on any atom is 0.150 e. The highest BCUT2D eigenvalue weighted by atomic mass is 19.1. The molecule has 0 unspecified atom stereocenters. The van der Waals surface area contributed by atoms with Crippen LogP contribution >= 0.6 is 0 Å². The molecule has 4 nitrogen and oxygen atoms in total. The van der Waals surface area contributed by atoms with E-state index in [2.05, 4.69) is 4.99 Å². The third-order valence-corrected chi connectivity index (χ3v) is 1.19. The number of nitrogens with two attached hydrogens (primary N) is 1. The van der Waals surface area contributed by atoms with Crippen LogP contribution < -0.4 is 11.2 Å². The van der Waals surface area contributed by atoms with E-state index in [1.54, 1.807) is 0 Å². The molecule has 0 aliphatic carbocycles. The van der Waals surface area contributed by atoms with Crippen molar-refractivity contribution in [2.45, 2.75) is 0 Å². The first-order valence-corrected chi connectivity index (χ1v) is 2.86. The van der Waals surface area contributed by atoms with Gasteiger partial charge in [0.1, 0.15) is 5.69 Å². The Labute approximate surface area is 62.3 Å². The van der Waals surface area contributed by atoms with Crippen molar-refractivity contribution < 1.29 is 14.6 Å². The third kappa shape index (κ3) is 1.57. The van der Waals surface area contributed by atoms with Crippen LogP contribution in [0.1, 0.15) is 0 Å². The first kappa shape index (κ1) is 7.77. The number of nitrogens with one attached hydrogen (secondary N) is 1. The molecule has 0 amide bonds. The molecule has 11 heavy (non-hydrogen) atoms. The zero-order valence-electron chi connectivity index (χ0n) is 5.54. The Morgan fingerprint density at radius 2 is 2.27 bits per heavy atom. The minimum atomic E-state index is -0.584. The number of hydrogen-bond donors (Lipinski definition) is 3. The molecule has 60 valence electrons. The Balaban J connectivity index is 3.00. The Kier molecular flexibility index (Phi) is 2.25. The molecule has 0 atom stereocenters. The van der Waals surface area contributed by atoms with Crippen LogP contribution in [0.15, 0.2) is 18.2 Å². The van der Waals surface area contributed by atoms with E-state index >= 15 is 0 Å². The summed E-state index contributed by atoms with van der Waals surface area (Å²) in [5, 5.41) is 7.94. The summed E-state index contributed by atoms with van der Waals surface area (Å²) in [7, 11) is 0. The summed E-state index contributed by atoms with van der Waals surface area (Å²) in [6, 6.07) is 4.12. The molecule has 0 heterocycles. The number of benzene rings is 1. The second-order valence-corrected chi connectivity index (χ2v) is 1.90. The van der Waals surface area contributed by atoms with Crippen molar-refractivity contribution in [2.75, 3.05) is 11.2 Å². The lowest BCUT2D eigenvalue weighted by molar-refractivity contribution is -0.215. The summed E-state index contributed by atoms with van der Waals surface area (Å²) in [4.78, 5) is 3.52. The topological polar surface area (TPSA) is 67.5 Å². The van der Waals surface area contributed by atoms with Crippen LogP contribution in [0, 0.1) is 5.82 Å². The van der Waals surface area contributed by atoms with Gasteiger partial charge in [-0.1, -0.05) is 6.07 Å². The summed E-state index contributed by atoms with van der Waals surface area (Å²) in [6.45, 7) is 0. The fourth-order valence-electron chi connectivity index (χ4n) is 0.694. The monoisotopic (exact) mass is 158 g/mol. The molecule has 0 radical (unpaired) electrons. The van der Waals surface area contributed by atoms with Crippen molar-refractivity contribution in [1.82, 2.24) is 0 Å². The minimum absolute atomic E-state index is 0.0741. The minimum Gasteiger partial charge on any atom is -0.397 e. The third-order valence-electron chi connectivity index (χ3n) is 1.19. The number of para-hydroxylation sites is 1. The quantitative estimate of drug-likeness (QED) is 0.344. The van der Waals surface area contributed by atoms with E-state index in [-0.39, 0.29) is 11.4 Å². The first-order chi connectivity index (χ1) is 5.25. The van der Waals surface area contributed by atoms with Gasteiger partial charge >= 0.3 is 0 Å². The maximum absolute atomic E-state index is 12.7. The number of nitrogen functional groups attached to an aromatic ring is 1. The molecule has 0 aliphatic rings. The van der Waals surface area contributed by atoms with Crippen molar-refractivity contribution in [2.24, 2.45) is 0 Å². The van der Waals surface area contributed by atoms with Gasteiger partial charge in [0, 0.05) is 0 Å². The Morgan fingerprint density at radius 3 is 2.82 bits per heavy atom. The van der Waals surface area contributed by atoms with E-state index in [0.29, 0.717) is 0 Å². The van der Waals surface area contributed by atoms with Gasteiger partial charge < -0.3 is 5.73 Å². The molecular formula is C6H7FN2O2. The summed E-state index contributed by atoms with van der Waals surface area (Å²) in [6.07, 6.45) is 0. The van der Waals surface area contributed by atoms with Crippen molar-refractivity contribution in [3.63, 3.8) is 0 Å². The highest BCUT2D eigenvalue weighted by molar-refractivity contribution is 5.65. The van der Waals surface area contributed by atoms with E-state index in [0.717, 1.165) is 0 Å². The van der Waals surface area contributed by atoms with Crippen LogP contribution in [0.2, 0.25) is 0 Å². The molecule has 0 aromatic heterocycles. The second-order valence-electron chi connectivity index (χ2n) is 1.90. The maximum atomic E-state index is 12.7. The van der Waals surface area contributed by atoms with Gasteiger partial charge in [-0.3, -0.25) is 0 Å². The molecule has 1 aromatic rings. The highest BCUT2D eigenvalue weighted by Crippen LogP contribution is 2.20. The molecule has 4 N–H and O–H groups in total. The zero-order chi connectivity index (χ0) is 8.27. The molecule has 0 saturated heterocycles. The van der Waals surface area contributed by atoms with Gasteiger partial charge in [-0.15, -0.1) is 4.99 Å².